The van der Waals surface area contributed by atoms with Gasteiger partial charge in [-0.05, 0) is 54.8 Å². The van der Waals surface area contributed by atoms with Crippen LogP contribution in [0.3, 0.4) is 0 Å². The van der Waals surface area contributed by atoms with Crippen molar-refractivity contribution in [3.05, 3.63) is 95.5 Å². The summed E-state index contributed by atoms with van der Waals surface area (Å²) in [6.07, 6.45) is 6.17. The number of hydrogen-bond acceptors (Lipinski definition) is 5. The van der Waals surface area contributed by atoms with Crippen molar-refractivity contribution < 1.29 is 18.7 Å². The number of nitrogens with two attached hydrogens (primary N) is 1. The second-order valence-corrected chi connectivity index (χ2v) is 7.82. The molecule has 1 heterocycles. The molecule has 5 nitrogen and oxygen atoms in total. The molecular formula is C29H33NO4. The SMILES string of the molecule is C=C/C=C(OCc1c(CC)oc2ccc(-c3cccc(CN)c3)cc12)\C(=C/C)CC(=O)OCC. The van der Waals surface area contributed by atoms with Crippen molar-refractivity contribution in [2.24, 2.45) is 5.73 Å². The third-order valence-electron chi connectivity index (χ3n) is 5.64. The van der Waals surface area contributed by atoms with E-state index < -0.39 is 0 Å². The molecule has 0 spiro atoms. The molecule has 0 unspecified atom stereocenters. The van der Waals surface area contributed by atoms with Crippen molar-refractivity contribution in [3.8, 4) is 11.1 Å². The van der Waals surface area contributed by atoms with Crippen molar-refractivity contribution in [1.82, 2.24) is 0 Å². The highest BCUT2D eigenvalue weighted by Crippen LogP contribution is 2.33. The Morgan fingerprint density at radius 1 is 1.12 bits per heavy atom. The number of carbonyl (C=O) groups is 1. The van der Waals surface area contributed by atoms with E-state index in [4.69, 9.17) is 19.6 Å². The summed E-state index contributed by atoms with van der Waals surface area (Å²) in [5, 5.41) is 1.01. The number of fused-ring (bicyclic) bond motifs is 1. The molecule has 0 fully saturated rings. The average molecular weight is 460 g/mol. The Hall–Kier alpha value is -3.57. The van der Waals surface area contributed by atoms with E-state index in [0.717, 1.165) is 51.0 Å². The van der Waals surface area contributed by atoms with Gasteiger partial charge in [0, 0.05) is 29.5 Å². The third-order valence-corrected chi connectivity index (χ3v) is 5.64. The Balaban J connectivity index is 1.93. The summed E-state index contributed by atoms with van der Waals surface area (Å²) in [5.74, 6) is 1.18. The van der Waals surface area contributed by atoms with E-state index in [-0.39, 0.29) is 12.4 Å². The van der Waals surface area contributed by atoms with Crippen LogP contribution in [0.2, 0.25) is 0 Å². The monoisotopic (exact) mass is 459 g/mol. The van der Waals surface area contributed by atoms with Gasteiger partial charge in [-0.1, -0.05) is 49.9 Å². The maximum atomic E-state index is 12.1. The highest BCUT2D eigenvalue weighted by Gasteiger charge is 2.17. The van der Waals surface area contributed by atoms with Crippen molar-refractivity contribution in [2.45, 2.75) is 46.8 Å². The maximum Gasteiger partial charge on any atom is 0.310 e. The molecule has 5 heteroatoms. The van der Waals surface area contributed by atoms with Gasteiger partial charge in [0.1, 0.15) is 23.7 Å². The summed E-state index contributed by atoms with van der Waals surface area (Å²) in [6.45, 7) is 10.7. The number of rotatable bonds is 11. The molecule has 0 bridgehead atoms. The zero-order valence-electron chi connectivity index (χ0n) is 20.2. The number of esters is 1. The molecule has 3 rings (SSSR count). The Labute approximate surface area is 201 Å². The topological polar surface area (TPSA) is 74.7 Å². The molecule has 1 aromatic heterocycles. The lowest BCUT2D eigenvalue weighted by molar-refractivity contribution is -0.142. The normalized spacial score (nSPS) is 12.1. The largest absolute Gasteiger partial charge is 0.488 e. The first-order chi connectivity index (χ1) is 16.5. The first-order valence-corrected chi connectivity index (χ1v) is 11.6. The minimum Gasteiger partial charge on any atom is -0.488 e. The molecular weight excluding hydrogens is 426 g/mol. The predicted octanol–water partition coefficient (Wildman–Crippen LogP) is 6.61. The van der Waals surface area contributed by atoms with Crippen LogP contribution in [0.1, 0.15) is 44.1 Å². The highest BCUT2D eigenvalue weighted by molar-refractivity contribution is 5.87. The number of aryl methyl sites for hydroxylation is 1. The number of hydrogen-bond donors (Lipinski definition) is 1. The molecule has 2 aromatic carbocycles. The lowest BCUT2D eigenvalue weighted by Crippen LogP contribution is -2.08. The van der Waals surface area contributed by atoms with Gasteiger partial charge in [-0.25, -0.2) is 0 Å². The lowest BCUT2D eigenvalue weighted by atomic mass is 10.00. The van der Waals surface area contributed by atoms with Crippen LogP contribution in [-0.2, 0) is 33.8 Å². The standard InChI is InChI=1S/C29H33NO4/c1-5-10-27(21(6-2)17-29(31)32-8-4)33-19-25-24-16-23(13-14-28(24)34-26(25)7-3)22-12-9-11-20(15-22)18-30/h5-6,9-16H,1,7-8,17-19,30H2,2-4H3/b21-6-,27-10+. The first-order valence-electron chi connectivity index (χ1n) is 11.6. The first kappa shape index (κ1) is 25.1. The predicted molar refractivity (Wildman–Crippen MR) is 137 cm³/mol. The van der Waals surface area contributed by atoms with Crippen LogP contribution < -0.4 is 5.73 Å². The van der Waals surface area contributed by atoms with E-state index in [9.17, 15) is 4.79 Å². The average Bonchev–Trinajstić information content (AvgIpc) is 3.22. The zero-order chi connectivity index (χ0) is 24.5. The molecule has 0 aliphatic carbocycles. The summed E-state index contributed by atoms with van der Waals surface area (Å²) in [4.78, 5) is 12.1. The van der Waals surface area contributed by atoms with Gasteiger partial charge in [0.2, 0.25) is 0 Å². The molecule has 0 saturated carbocycles. The maximum absolute atomic E-state index is 12.1. The fourth-order valence-electron chi connectivity index (χ4n) is 3.90. The van der Waals surface area contributed by atoms with E-state index in [1.54, 1.807) is 19.1 Å². The van der Waals surface area contributed by atoms with Crippen molar-refractivity contribution in [1.29, 1.82) is 0 Å². The van der Waals surface area contributed by atoms with Gasteiger partial charge in [-0.15, -0.1) is 0 Å². The second kappa shape index (κ2) is 12.1. The zero-order valence-corrected chi connectivity index (χ0v) is 20.2. The van der Waals surface area contributed by atoms with Gasteiger partial charge in [-0.2, -0.15) is 0 Å². The van der Waals surface area contributed by atoms with Gasteiger partial charge in [0.05, 0.1) is 13.0 Å². The van der Waals surface area contributed by atoms with Crippen molar-refractivity contribution in [2.75, 3.05) is 6.61 Å². The Morgan fingerprint density at radius 3 is 2.59 bits per heavy atom. The van der Waals surface area contributed by atoms with Gasteiger partial charge >= 0.3 is 5.97 Å². The smallest absolute Gasteiger partial charge is 0.310 e. The van der Waals surface area contributed by atoms with Crippen LogP contribution >= 0.6 is 0 Å². The molecule has 3 aromatic rings. The molecule has 178 valence electrons. The van der Waals surface area contributed by atoms with Crippen LogP contribution in [-0.4, -0.2) is 12.6 Å². The van der Waals surface area contributed by atoms with Gasteiger partial charge in [0.15, 0.2) is 0 Å². The quantitative estimate of drug-likeness (QED) is 0.198. The minimum atomic E-state index is -0.290. The van der Waals surface area contributed by atoms with E-state index in [0.29, 0.717) is 25.5 Å². The summed E-state index contributed by atoms with van der Waals surface area (Å²) >= 11 is 0. The van der Waals surface area contributed by atoms with Crippen molar-refractivity contribution >= 4 is 16.9 Å². The van der Waals surface area contributed by atoms with Crippen LogP contribution in [0, 0.1) is 0 Å². The Kier molecular flexibility index (Phi) is 8.88. The van der Waals surface area contributed by atoms with Crippen LogP contribution in [0.5, 0.6) is 0 Å². The third kappa shape index (κ3) is 5.86. The molecule has 0 amide bonds. The number of furan rings is 1. The van der Waals surface area contributed by atoms with Gasteiger partial charge in [-0.3, -0.25) is 4.79 Å². The number of benzene rings is 2. The summed E-state index contributed by atoms with van der Waals surface area (Å²) < 4.78 is 17.5. The second-order valence-electron chi connectivity index (χ2n) is 7.82. The van der Waals surface area contributed by atoms with Crippen LogP contribution in [0.4, 0.5) is 0 Å². The number of allylic oxidation sites excluding steroid dienone is 4. The summed E-state index contributed by atoms with van der Waals surface area (Å²) in [6, 6.07) is 14.4. The molecule has 0 aliphatic heterocycles. The van der Waals surface area contributed by atoms with Crippen LogP contribution in [0.15, 0.2) is 83.0 Å². The highest BCUT2D eigenvalue weighted by atomic mass is 16.5. The summed E-state index contributed by atoms with van der Waals surface area (Å²) in [5.41, 5.74) is 11.7. The van der Waals surface area contributed by atoms with E-state index in [1.807, 2.05) is 31.2 Å². The molecule has 0 atom stereocenters. The Morgan fingerprint density at radius 2 is 1.91 bits per heavy atom. The molecule has 0 saturated heterocycles. The minimum absolute atomic E-state index is 0.137. The fourth-order valence-corrected chi connectivity index (χ4v) is 3.90. The number of ether oxygens (including phenoxy) is 2. The van der Waals surface area contributed by atoms with Gasteiger partial charge < -0.3 is 19.6 Å². The molecule has 34 heavy (non-hydrogen) atoms. The van der Waals surface area contributed by atoms with Crippen LogP contribution in [0.25, 0.3) is 22.1 Å². The van der Waals surface area contributed by atoms with Crippen molar-refractivity contribution in [3.63, 3.8) is 0 Å². The molecule has 0 aliphatic rings. The van der Waals surface area contributed by atoms with E-state index >= 15 is 0 Å². The van der Waals surface area contributed by atoms with E-state index in [2.05, 4.69) is 37.8 Å². The molecule has 2 N–H and O–H groups in total. The molecule has 0 radical (unpaired) electrons. The Bertz CT molecular complexity index is 1220. The number of carbonyl (C=O) groups excluding carboxylic acids is 1. The lowest BCUT2D eigenvalue weighted by Gasteiger charge is -2.14. The summed E-state index contributed by atoms with van der Waals surface area (Å²) in [7, 11) is 0. The fraction of sp³-hybridized carbons (Fsp3) is 0.276. The van der Waals surface area contributed by atoms with Gasteiger partial charge in [0.25, 0.3) is 0 Å². The van der Waals surface area contributed by atoms with E-state index in [1.165, 1.54) is 0 Å².